The van der Waals surface area contributed by atoms with Gasteiger partial charge in [0.25, 0.3) is 0 Å². The summed E-state index contributed by atoms with van der Waals surface area (Å²) in [6.45, 7) is 2.24. The Morgan fingerprint density at radius 1 is 1.00 bits per heavy atom. The Balaban J connectivity index is 1.47. The largest absolute Gasteiger partial charge is 0.426 e. The van der Waals surface area contributed by atoms with Gasteiger partial charge in [-0.25, -0.2) is 4.39 Å². The van der Waals surface area contributed by atoms with Crippen LogP contribution in [-0.4, -0.2) is 5.97 Å². The van der Waals surface area contributed by atoms with Gasteiger partial charge in [0.2, 0.25) is 0 Å². The van der Waals surface area contributed by atoms with Crippen LogP contribution in [-0.2, 0) is 11.0 Å². The molecule has 2 nitrogen and oxygen atoms in total. The molecule has 2 saturated carbocycles. The highest BCUT2D eigenvalue weighted by molar-refractivity contribution is 5.75. The highest BCUT2D eigenvalue weighted by atomic mass is 19.4. The van der Waals surface area contributed by atoms with Crippen molar-refractivity contribution in [2.45, 2.75) is 77.3 Å². The molecule has 3 rings (SSSR count). The molecular weight excluding hydrogens is 384 g/mol. The predicted octanol–water partition coefficient (Wildman–Crippen LogP) is 7.16. The van der Waals surface area contributed by atoms with Crippen molar-refractivity contribution in [3.8, 4) is 5.75 Å². The van der Waals surface area contributed by atoms with E-state index in [1.54, 1.807) is 0 Å². The Bertz CT molecular complexity index is 685. The molecule has 29 heavy (non-hydrogen) atoms. The number of esters is 1. The highest BCUT2D eigenvalue weighted by Gasteiger charge is 2.35. The average molecular weight is 414 g/mol. The van der Waals surface area contributed by atoms with Gasteiger partial charge >= 0.3 is 12.1 Å². The summed E-state index contributed by atoms with van der Waals surface area (Å²) in [7, 11) is 0. The molecule has 0 N–H and O–H groups in total. The standard InChI is InChI=1S/C23H30F4O2/c1-2-3-15-4-6-16(7-5-15)17-8-10-18(11-9-17)22(28)29-19-12-13-20(21(24)14-19)23(25,26)27/h12-18H,2-11H2,1H3. The molecule has 0 saturated heterocycles. The molecular formula is C23H30F4O2. The molecule has 2 fully saturated rings. The van der Waals surface area contributed by atoms with Crippen LogP contribution in [0.5, 0.6) is 5.75 Å². The van der Waals surface area contributed by atoms with Gasteiger partial charge in [0.05, 0.1) is 11.5 Å². The Kier molecular flexibility index (Phi) is 7.23. The molecule has 1 aromatic rings. The van der Waals surface area contributed by atoms with Crippen LogP contribution in [0.3, 0.4) is 0 Å². The van der Waals surface area contributed by atoms with Gasteiger partial charge in [0.15, 0.2) is 0 Å². The van der Waals surface area contributed by atoms with Crippen molar-refractivity contribution in [1.29, 1.82) is 0 Å². The molecule has 0 spiro atoms. The van der Waals surface area contributed by atoms with E-state index in [-0.39, 0.29) is 11.7 Å². The topological polar surface area (TPSA) is 26.3 Å². The molecule has 0 bridgehead atoms. The van der Waals surface area contributed by atoms with Crippen molar-refractivity contribution in [1.82, 2.24) is 0 Å². The van der Waals surface area contributed by atoms with Crippen LogP contribution in [0.4, 0.5) is 17.6 Å². The molecule has 1 aromatic carbocycles. The maximum absolute atomic E-state index is 13.7. The molecule has 0 amide bonds. The second-order valence-corrected chi connectivity index (χ2v) is 8.74. The minimum absolute atomic E-state index is 0.170. The number of hydrogen-bond acceptors (Lipinski definition) is 2. The van der Waals surface area contributed by atoms with Gasteiger partial charge in [-0.2, -0.15) is 13.2 Å². The van der Waals surface area contributed by atoms with Gasteiger partial charge < -0.3 is 4.74 Å². The molecule has 0 heterocycles. The maximum atomic E-state index is 13.7. The van der Waals surface area contributed by atoms with Crippen LogP contribution in [0.1, 0.15) is 76.7 Å². The van der Waals surface area contributed by atoms with Gasteiger partial charge in [-0.1, -0.05) is 32.6 Å². The summed E-state index contributed by atoms with van der Waals surface area (Å²) >= 11 is 0. The van der Waals surface area contributed by atoms with Gasteiger partial charge in [-0.3, -0.25) is 4.79 Å². The predicted molar refractivity (Wildman–Crippen MR) is 103 cm³/mol. The summed E-state index contributed by atoms with van der Waals surface area (Å²) in [6, 6.07) is 2.26. The van der Waals surface area contributed by atoms with Crippen molar-refractivity contribution in [2.24, 2.45) is 23.7 Å². The summed E-state index contributed by atoms with van der Waals surface area (Å²) in [6.07, 6.45) is 6.49. The van der Waals surface area contributed by atoms with Crippen LogP contribution >= 0.6 is 0 Å². The molecule has 0 atom stereocenters. The third-order valence-electron chi connectivity index (χ3n) is 6.82. The van der Waals surface area contributed by atoms with Crippen molar-refractivity contribution in [3.05, 3.63) is 29.6 Å². The van der Waals surface area contributed by atoms with Crippen LogP contribution in [0.25, 0.3) is 0 Å². The maximum Gasteiger partial charge on any atom is 0.419 e. The van der Waals surface area contributed by atoms with Crippen molar-refractivity contribution in [2.75, 3.05) is 0 Å². The third kappa shape index (κ3) is 5.73. The zero-order valence-corrected chi connectivity index (χ0v) is 16.9. The van der Waals surface area contributed by atoms with E-state index in [2.05, 4.69) is 6.92 Å². The molecule has 0 radical (unpaired) electrons. The van der Waals surface area contributed by atoms with Crippen molar-refractivity contribution < 1.29 is 27.1 Å². The van der Waals surface area contributed by atoms with Crippen LogP contribution in [0, 0.1) is 29.5 Å². The van der Waals surface area contributed by atoms with E-state index in [4.69, 9.17) is 4.74 Å². The zero-order chi connectivity index (χ0) is 21.0. The van der Waals surface area contributed by atoms with E-state index in [0.29, 0.717) is 18.1 Å². The minimum Gasteiger partial charge on any atom is -0.426 e. The van der Waals surface area contributed by atoms with Crippen molar-refractivity contribution >= 4 is 5.97 Å². The fraction of sp³-hybridized carbons (Fsp3) is 0.696. The molecule has 2 aliphatic rings. The first-order valence-electron chi connectivity index (χ1n) is 10.9. The van der Waals surface area contributed by atoms with E-state index in [1.807, 2.05) is 0 Å². The molecule has 2 aliphatic carbocycles. The number of ether oxygens (including phenoxy) is 1. The van der Waals surface area contributed by atoms with Gasteiger partial charge in [0, 0.05) is 6.07 Å². The summed E-state index contributed by atoms with van der Waals surface area (Å²) < 4.78 is 56.7. The lowest BCUT2D eigenvalue weighted by atomic mass is 9.69. The lowest BCUT2D eigenvalue weighted by Gasteiger charge is -2.37. The Morgan fingerprint density at radius 3 is 2.10 bits per heavy atom. The van der Waals surface area contributed by atoms with E-state index in [1.165, 1.54) is 38.5 Å². The molecule has 0 unspecified atom stereocenters. The fourth-order valence-corrected chi connectivity index (χ4v) is 5.17. The summed E-state index contributed by atoms with van der Waals surface area (Å²) in [5, 5.41) is 0. The monoisotopic (exact) mass is 414 g/mol. The lowest BCUT2D eigenvalue weighted by Crippen LogP contribution is -2.30. The molecule has 0 aromatic heterocycles. The number of hydrogen-bond donors (Lipinski definition) is 0. The molecule has 6 heteroatoms. The number of carbonyl (C=O) groups excluding carboxylic acids is 1. The number of rotatable bonds is 5. The summed E-state index contributed by atoms with van der Waals surface area (Å²) in [5.74, 6) is -0.0229. The quantitative estimate of drug-likeness (QED) is 0.290. The number of alkyl halides is 3. The van der Waals surface area contributed by atoms with Crippen molar-refractivity contribution in [3.63, 3.8) is 0 Å². The smallest absolute Gasteiger partial charge is 0.419 e. The SMILES string of the molecule is CCCC1CCC(C2CCC(C(=O)Oc3ccc(C(F)(F)F)c(F)c3)CC2)CC1. The number of carbonyl (C=O) groups is 1. The molecule has 0 aliphatic heterocycles. The Labute approximate surface area is 170 Å². The second kappa shape index (κ2) is 9.48. The van der Waals surface area contributed by atoms with E-state index in [0.717, 1.165) is 43.6 Å². The second-order valence-electron chi connectivity index (χ2n) is 8.74. The zero-order valence-electron chi connectivity index (χ0n) is 16.9. The van der Waals surface area contributed by atoms with E-state index < -0.39 is 23.5 Å². The minimum atomic E-state index is -4.76. The Hall–Kier alpha value is -1.59. The summed E-state index contributed by atoms with van der Waals surface area (Å²) in [4.78, 5) is 12.4. The fourth-order valence-electron chi connectivity index (χ4n) is 5.17. The number of benzene rings is 1. The number of halogens is 4. The van der Waals surface area contributed by atoms with Gasteiger partial charge in [0.1, 0.15) is 11.6 Å². The summed E-state index contributed by atoms with van der Waals surface area (Å²) in [5.41, 5.74) is -1.36. The normalized spacial score (nSPS) is 28.2. The third-order valence-corrected chi connectivity index (χ3v) is 6.82. The Morgan fingerprint density at radius 2 is 1.59 bits per heavy atom. The van der Waals surface area contributed by atoms with Crippen LogP contribution in [0.15, 0.2) is 18.2 Å². The highest BCUT2D eigenvalue weighted by Crippen LogP contribution is 2.42. The van der Waals surface area contributed by atoms with E-state index >= 15 is 0 Å². The lowest BCUT2D eigenvalue weighted by molar-refractivity contribution is -0.140. The first kappa shape index (κ1) is 22.1. The van der Waals surface area contributed by atoms with E-state index in [9.17, 15) is 22.4 Å². The van der Waals surface area contributed by atoms with Gasteiger partial charge in [-0.15, -0.1) is 0 Å². The van der Waals surface area contributed by atoms with Gasteiger partial charge in [-0.05, 0) is 68.4 Å². The first-order chi connectivity index (χ1) is 13.8. The first-order valence-corrected chi connectivity index (χ1v) is 10.9. The van der Waals surface area contributed by atoms with Crippen LogP contribution < -0.4 is 4.74 Å². The molecule has 162 valence electrons. The van der Waals surface area contributed by atoms with Crippen LogP contribution in [0.2, 0.25) is 0 Å². The average Bonchev–Trinajstić information content (AvgIpc) is 2.68.